The minimum atomic E-state index is 0.389. The van der Waals surface area contributed by atoms with E-state index in [0.29, 0.717) is 5.54 Å². The van der Waals surface area contributed by atoms with Crippen molar-refractivity contribution in [3.8, 4) is 11.3 Å². The van der Waals surface area contributed by atoms with E-state index in [9.17, 15) is 0 Å². The van der Waals surface area contributed by atoms with Crippen molar-refractivity contribution in [3.05, 3.63) is 42.1 Å². The van der Waals surface area contributed by atoms with Crippen LogP contribution < -0.4 is 5.32 Å². The second kappa shape index (κ2) is 5.20. The minimum absolute atomic E-state index is 0.389. The second-order valence-corrected chi connectivity index (χ2v) is 8.10. The number of hydrogen-bond acceptors (Lipinski definition) is 3. The van der Waals surface area contributed by atoms with E-state index >= 15 is 0 Å². The molecule has 1 aromatic heterocycles. The van der Waals surface area contributed by atoms with Crippen LogP contribution in [0.5, 0.6) is 0 Å². The topological polar surface area (TPSA) is 38.1 Å². The fourth-order valence-corrected chi connectivity index (χ4v) is 5.74. The van der Waals surface area contributed by atoms with Crippen molar-refractivity contribution in [2.75, 3.05) is 0 Å². The Morgan fingerprint density at radius 3 is 2.30 bits per heavy atom. The highest BCUT2D eigenvalue weighted by Gasteiger charge is 2.50. The molecule has 4 aliphatic carbocycles. The molecule has 1 heterocycles. The Balaban J connectivity index is 1.29. The van der Waals surface area contributed by atoms with Gasteiger partial charge in [-0.05, 0) is 56.3 Å². The Hall–Kier alpha value is -1.61. The van der Waals surface area contributed by atoms with E-state index in [1.54, 1.807) is 0 Å². The minimum Gasteiger partial charge on any atom is -0.356 e. The largest absolute Gasteiger partial charge is 0.356 e. The Labute approximate surface area is 137 Å². The zero-order valence-electron chi connectivity index (χ0n) is 13.5. The summed E-state index contributed by atoms with van der Waals surface area (Å²) in [5, 5.41) is 8.16. The molecule has 4 fully saturated rings. The molecule has 1 aromatic carbocycles. The van der Waals surface area contributed by atoms with Gasteiger partial charge in [-0.3, -0.25) is 0 Å². The summed E-state index contributed by atoms with van der Waals surface area (Å²) in [5.41, 5.74) is 2.52. The van der Waals surface area contributed by atoms with Gasteiger partial charge in [-0.1, -0.05) is 35.5 Å². The van der Waals surface area contributed by atoms with E-state index < -0.39 is 0 Å². The molecule has 3 nitrogen and oxygen atoms in total. The van der Waals surface area contributed by atoms with E-state index in [2.05, 4.69) is 28.7 Å². The van der Waals surface area contributed by atoms with Gasteiger partial charge in [0.2, 0.25) is 0 Å². The predicted octanol–water partition coefficient (Wildman–Crippen LogP) is 4.40. The Bertz CT molecular complexity index is 655. The number of hydrogen-bond donors (Lipinski definition) is 1. The summed E-state index contributed by atoms with van der Waals surface area (Å²) in [5.74, 6) is 3.80. The molecule has 0 atom stereocenters. The molecule has 4 aliphatic rings. The second-order valence-electron chi connectivity index (χ2n) is 8.10. The first-order chi connectivity index (χ1) is 11.3. The molecule has 0 saturated heterocycles. The molecule has 0 unspecified atom stereocenters. The maximum absolute atomic E-state index is 5.53. The highest BCUT2D eigenvalue weighted by Crippen LogP contribution is 2.55. The summed E-state index contributed by atoms with van der Waals surface area (Å²) in [6.07, 6.45) is 8.60. The normalized spacial score (nSPS) is 34.9. The van der Waals surface area contributed by atoms with Gasteiger partial charge < -0.3 is 9.84 Å². The highest BCUT2D eigenvalue weighted by molar-refractivity contribution is 5.56. The molecular formula is C20H24N2O. The third-order valence-corrected chi connectivity index (χ3v) is 6.30. The third kappa shape index (κ3) is 2.51. The van der Waals surface area contributed by atoms with Crippen LogP contribution in [0.25, 0.3) is 11.3 Å². The van der Waals surface area contributed by atoms with Crippen molar-refractivity contribution >= 4 is 0 Å². The van der Waals surface area contributed by atoms with Crippen molar-refractivity contribution in [2.24, 2.45) is 17.8 Å². The van der Waals surface area contributed by atoms with Crippen LogP contribution in [0.1, 0.15) is 44.2 Å². The SMILES string of the molecule is c1ccc(-c2cc(CNC34CC5CC(CC(C5)C3)C4)no2)cc1. The summed E-state index contributed by atoms with van der Waals surface area (Å²) in [7, 11) is 0. The highest BCUT2D eigenvalue weighted by atomic mass is 16.5. The lowest BCUT2D eigenvalue weighted by Gasteiger charge is -2.57. The molecule has 0 radical (unpaired) electrons. The summed E-state index contributed by atoms with van der Waals surface area (Å²) < 4.78 is 5.53. The zero-order valence-corrected chi connectivity index (χ0v) is 13.5. The standard InChI is InChI=1S/C20H24N2O/c1-2-4-17(5-3-1)19-9-18(22-23-19)13-21-20-10-14-6-15(11-20)8-16(7-14)12-20/h1-5,9,14-16,21H,6-8,10-13H2. The van der Waals surface area contributed by atoms with E-state index in [0.717, 1.165) is 41.3 Å². The molecule has 0 spiro atoms. The summed E-state index contributed by atoms with van der Waals surface area (Å²) in [6.45, 7) is 0.836. The molecular weight excluding hydrogens is 284 g/mol. The van der Waals surface area contributed by atoms with Crippen molar-refractivity contribution in [2.45, 2.75) is 50.6 Å². The van der Waals surface area contributed by atoms with Gasteiger partial charge in [0.25, 0.3) is 0 Å². The lowest BCUT2D eigenvalue weighted by molar-refractivity contribution is -0.0208. The monoisotopic (exact) mass is 308 g/mol. The van der Waals surface area contributed by atoms with E-state index in [1.165, 1.54) is 38.5 Å². The molecule has 2 aromatic rings. The number of rotatable bonds is 4. The summed E-state index contributed by atoms with van der Waals surface area (Å²) >= 11 is 0. The number of benzene rings is 1. The van der Waals surface area contributed by atoms with Crippen LogP contribution in [0, 0.1) is 17.8 Å². The van der Waals surface area contributed by atoms with Gasteiger partial charge in [0.15, 0.2) is 5.76 Å². The molecule has 4 saturated carbocycles. The maximum atomic E-state index is 5.53. The van der Waals surface area contributed by atoms with E-state index in [-0.39, 0.29) is 0 Å². The van der Waals surface area contributed by atoms with Crippen LogP contribution in [-0.2, 0) is 6.54 Å². The Kier molecular flexibility index (Phi) is 3.12. The summed E-state index contributed by atoms with van der Waals surface area (Å²) in [6, 6.07) is 12.3. The first kappa shape index (κ1) is 13.8. The third-order valence-electron chi connectivity index (χ3n) is 6.30. The van der Waals surface area contributed by atoms with Gasteiger partial charge in [0.1, 0.15) is 0 Å². The van der Waals surface area contributed by atoms with Crippen LogP contribution in [0.4, 0.5) is 0 Å². The lowest BCUT2D eigenvalue weighted by Crippen LogP contribution is -2.58. The van der Waals surface area contributed by atoms with Gasteiger partial charge in [0, 0.05) is 23.7 Å². The van der Waals surface area contributed by atoms with Crippen LogP contribution in [0.15, 0.2) is 40.9 Å². The van der Waals surface area contributed by atoms with Crippen LogP contribution in [0.2, 0.25) is 0 Å². The summed E-state index contributed by atoms with van der Waals surface area (Å²) in [4.78, 5) is 0. The van der Waals surface area contributed by atoms with Gasteiger partial charge in [-0.2, -0.15) is 0 Å². The number of nitrogens with zero attached hydrogens (tertiary/aromatic N) is 1. The lowest BCUT2D eigenvalue weighted by atomic mass is 9.53. The molecule has 1 N–H and O–H groups in total. The molecule has 23 heavy (non-hydrogen) atoms. The average molecular weight is 308 g/mol. The fourth-order valence-electron chi connectivity index (χ4n) is 5.74. The van der Waals surface area contributed by atoms with Crippen LogP contribution in [-0.4, -0.2) is 10.7 Å². The van der Waals surface area contributed by atoms with Crippen molar-refractivity contribution in [1.82, 2.24) is 10.5 Å². The van der Waals surface area contributed by atoms with Gasteiger partial charge in [-0.15, -0.1) is 0 Å². The molecule has 4 bridgehead atoms. The van der Waals surface area contributed by atoms with Gasteiger partial charge in [-0.25, -0.2) is 0 Å². The Morgan fingerprint density at radius 2 is 1.65 bits per heavy atom. The number of nitrogens with one attached hydrogen (secondary N) is 1. The zero-order chi connectivity index (χ0) is 15.3. The molecule has 6 rings (SSSR count). The van der Waals surface area contributed by atoms with E-state index in [1.807, 2.05) is 18.2 Å². The van der Waals surface area contributed by atoms with Crippen molar-refractivity contribution < 1.29 is 4.52 Å². The first-order valence-electron chi connectivity index (χ1n) is 9.04. The number of aromatic nitrogens is 1. The van der Waals surface area contributed by atoms with Crippen molar-refractivity contribution in [3.63, 3.8) is 0 Å². The smallest absolute Gasteiger partial charge is 0.167 e. The molecule has 0 aliphatic heterocycles. The molecule has 120 valence electrons. The quantitative estimate of drug-likeness (QED) is 0.909. The average Bonchev–Trinajstić information content (AvgIpc) is 3.02. The van der Waals surface area contributed by atoms with Gasteiger partial charge >= 0.3 is 0 Å². The molecule has 0 amide bonds. The Morgan fingerprint density at radius 1 is 1.00 bits per heavy atom. The molecule has 3 heteroatoms. The van der Waals surface area contributed by atoms with Gasteiger partial charge in [0.05, 0.1) is 5.69 Å². The van der Waals surface area contributed by atoms with E-state index in [4.69, 9.17) is 4.52 Å². The first-order valence-corrected chi connectivity index (χ1v) is 9.04. The fraction of sp³-hybridized carbons (Fsp3) is 0.550. The van der Waals surface area contributed by atoms with Crippen LogP contribution in [0.3, 0.4) is 0 Å². The predicted molar refractivity (Wildman–Crippen MR) is 89.7 cm³/mol. The maximum Gasteiger partial charge on any atom is 0.167 e. The van der Waals surface area contributed by atoms with Crippen molar-refractivity contribution in [1.29, 1.82) is 0 Å². The van der Waals surface area contributed by atoms with Crippen LogP contribution >= 0.6 is 0 Å².